The van der Waals surface area contributed by atoms with Gasteiger partial charge in [0.15, 0.2) is 0 Å². The summed E-state index contributed by atoms with van der Waals surface area (Å²) < 4.78 is 0. The van der Waals surface area contributed by atoms with Crippen LogP contribution in [0.1, 0.15) is 0 Å². The molecule has 4 rings (SSSR count). The van der Waals surface area contributed by atoms with Crippen molar-refractivity contribution in [2.75, 3.05) is 4.90 Å². The molecule has 0 bridgehead atoms. The number of non-ortho nitro benzene ring substituents is 1. The Morgan fingerprint density at radius 2 is 1.29 bits per heavy atom. The highest BCUT2D eigenvalue weighted by Crippen LogP contribution is 2.39. The summed E-state index contributed by atoms with van der Waals surface area (Å²) >= 11 is 0. The number of phenols is 1. The molecule has 7 heteroatoms. The number of nitro benzene ring substituents is 1. The topological polar surface area (TPSA) is 91.3 Å². The lowest BCUT2D eigenvalue weighted by Gasteiger charge is -2.25. The molecule has 0 radical (unpaired) electrons. The SMILES string of the molecule is O=[N+]([O-])c1ccc(N=Nc2ccc(N(c3ccccc3)c3ccccc3)cc2O)cc1. The van der Waals surface area contributed by atoms with Gasteiger partial charge in [0.25, 0.3) is 5.69 Å². The summed E-state index contributed by atoms with van der Waals surface area (Å²) in [5.41, 5.74) is 3.39. The number of aromatic hydroxyl groups is 1. The van der Waals surface area contributed by atoms with Crippen molar-refractivity contribution in [3.8, 4) is 5.75 Å². The Balaban J connectivity index is 1.64. The third-order valence-corrected chi connectivity index (χ3v) is 4.58. The molecular formula is C24H18N4O3. The summed E-state index contributed by atoms with van der Waals surface area (Å²) in [6, 6.07) is 30.6. The Kier molecular flexibility index (Phi) is 5.66. The van der Waals surface area contributed by atoms with Gasteiger partial charge in [0.1, 0.15) is 11.4 Å². The van der Waals surface area contributed by atoms with E-state index in [0.717, 1.165) is 17.1 Å². The standard InChI is InChI=1S/C24H18N4O3/c29-24-17-22(27(19-7-3-1-4-8-19)20-9-5-2-6-10-20)15-16-23(24)26-25-18-11-13-21(14-12-18)28(30)31/h1-17,29H. The molecular weight excluding hydrogens is 392 g/mol. The van der Waals surface area contributed by atoms with Crippen molar-refractivity contribution in [1.82, 2.24) is 0 Å². The first kappa shape index (κ1) is 19.8. The zero-order chi connectivity index (χ0) is 21.6. The zero-order valence-corrected chi connectivity index (χ0v) is 16.4. The Hall–Kier alpha value is -4.52. The van der Waals surface area contributed by atoms with Gasteiger partial charge in [-0.15, -0.1) is 5.11 Å². The summed E-state index contributed by atoms with van der Waals surface area (Å²) in [5, 5.41) is 29.4. The minimum atomic E-state index is -0.475. The molecule has 0 unspecified atom stereocenters. The quantitative estimate of drug-likeness (QED) is 0.207. The Labute approximate surface area is 178 Å². The maximum Gasteiger partial charge on any atom is 0.269 e. The van der Waals surface area contributed by atoms with E-state index in [4.69, 9.17) is 0 Å². The van der Waals surface area contributed by atoms with Crippen molar-refractivity contribution in [3.63, 3.8) is 0 Å². The Morgan fingerprint density at radius 3 is 1.81 bits per heavy atom. The fraction of sp³-hybridized carbons (Fsp3) is 0. The van der Waals surface area contributed by atoms with Gasteiger partial charge >= 0.3 is 0 Å². The third kappa shape index (κ3) is 4.56. The second-order valence-corrected chi connectivity index (χ2v) is 6.65. The second kappa shape index (κ2) is 8.87. The minimum absolute atomic E-state index is 0.0203. The number of hydrogen-bond acceptors (Lipinski definition) is 6. The van der Waals surface area contributed by atoms with Crippen molar-refractivity contribution in [2.45, 2.75) is 0 Å². The Bertz CT molecular complexity index is 1170. The van der Waals surface area contributed by atoms with Crippen LogP contribution >= 0.6 is 0 Å². The first-order valence-corrected chi connectivity index (χ1v) is 9.51. The zero-order valence-electron chi connectivity index (χ0n) is 16.4. The number of para-hydroxylation sites is 2. The van der Waals surface area contributed by atoms with E-state index >= 15 is 0 Å². The van der Waals surface area contributed by atoms with E-state index in [9.17, 15) is 15.2 Å². The molecule has 0 heterocycles. The van der Waals surface area contributed by atoms with Crippen LogP contribution in [0.15, 0.2) is 113 Å². The third-order valence-electron chi connectivity index (χ3n) is 4.58. The molecule has 1 N–H and O–H groups in total. The summed E-state index contributed by atoms with van der Waals surface area (Å²) in [6.07, 6.45) is 0. The molecule has 0 aliphatic rings. The molecule has 31 heavy (non-hydrogen) atoms. The summed E-state index contributed by atoms with van der Waals surface area (Å²) in [4.78, 5) is 12.3. The highest BCUT2D eigenvalue weighted by atomic mass is 16.6. The van der Waals surface area contributed by atoms with Gasteiger partial charge in [0.05, 0.1) is 10.6 Å². The van der Waals surface area contributed by atoms with E-state index in [2.05, 4.69) is 10.2 Å². The van der Waals surface area contributed by atoms with Gasteiger partial charge in [-0.25, -0.2) is 0 Å². The molecule has 0 aliphatic heterocycles. The summed E-state index contributed by atoms with van der Waals surface area (Å²) in [5.74, 6) is -0.0278. The lowest BCUT2D eigenvalue weighted by atomic mass is 10.1. The normalized spacial score (nSPS) is 10.8. The maximum absolute atomic E-state index is 10.7. The Morgan fingerprint density at radius 1 is 0.710 bits per heavy atom. The maximum atomic E-state index is 10.7. The molecule has 0 aliphatic carbocycles. The van der Waals surface area contributed by atoms with Crippen molar-refractivity contribution in [1.29, 1.82) is 0 Å². The van der Waals surface area contributed by atoms with Crippen molar-refractivity contribution < 1.29 is 10.0 Å². The van der Waals surface area contributed by atoms with Gasteiger partial charge in [0.2, 0.25) is 0 Å². The van der Waals surface area contributed by atoms with Crippen molar-refractivity contribution >= 4 is 34.1 Å². The average Bonchev–Trinajstić information content (AvgIpc) is 2.80. The van der Waals surface area contributed by atoms with E-state index < -0.39 is 4.92 Å². The molecule has 0 amide bonds. The largest absolute Gasteiger partial charge is 0.506 e. The van der Waals surface area contributed by atoms with Gasteiger partial charge in [-0.1, -0.05) is 36.4 Å². The van der Waals surface area contributed by atoms with Gasteiger partial charge in [-0.2, -0.15) is 5.11 Å². The van der Waals surface area contributed by atoms with E-state index in [0.29, 0.717) is 11.4 Å². The summed E-state index contributed by atoms with van der Waals surface area (Å²) in [6.45, 7) is 0. The number of hydrogen-bond donors (Lipinski definition) is 1. The predicted molar refractivity (Wildman–Crippen MR) is 120 cm³/mol. The molecule has 7 nitrogen and oxygen atoms in total. The number of anilines is 3. The number of nitrogens with zero attached hydrogens (tertiary/aromatic N) is 4. The smallest absolute Gasteiger partial charge is 0.269 e. The summed E-state index contributed by atoms with van der Waals surface area (Å²) in [7, 11) is 0. The monoisotopic (exact) mass is 410 g/mol. The molecule has 152 valence electrons. The number of azo groups is 1. The predicted octanol–water partition coefficient (Wildman–Crippen LogP) is 7.19. The fourth-order valence-corrected chi connectivity index (χ4v) is 3.09. The van der Waals surface area contributed by atoms with Crippen LogP contribution in [0.2, 0.25) is 0 Å². The molecule has 0 saturated heterocycles. The van der Waals surface area contributed by atoms with E-state index in [1.165, 1.54) is 24.3 Å². The first-order valence-electron chi connectivity index (χ1n) is 9.51. The molecule has 4 aromatic carbocycles. The van der Waals surface area contributed by atoms with E-state index in [1.807, 2.05) is 71.6 Å². The van der Waals surface area contributed by atoms with Crippen LogP contribution < -0.4 is 4.90 Å². The van der Waals surface area contributed by atoms with Crippen LogP contribution in [0.25, 0.3) is 0 Å². The lowest BCUT2D eigenvalue weighted by Crippen LogP contribution is -2.09. The van der Waals surface area contributed by atoms with Crippen molar-refractivity contribution in [3.05, 3.63) is 113 Å². The van der Waals surface area contributed by atoms with E-state index in [1.54, 1.807) is 12.1 Å². The van der Waals surface area contributed by atoms with Crippen molar-refractivity contribution in [2.24, 2.45) is 10.2 Å². The van der Waals surface area contributed by atoms with Crippen LogP contribution in [-0.2, 0) is 0 Å². The number of rotatable bonds is 6. The van der Waals surface area contributed by atoms with Crippen LogP contribution in [0, 0.1) is 10.1 Å². The lowest BCUT2D eigenvalue weighted by molar-refractivity contribution is -0.384. The molecule has 0 spiro atoms. The van der Waals surface area contributed by atoms with Crippen LogP contribution in [0.5, 0.6) is 5.75 Å². The average molecular weight is 410 g/mol. The second-order valence-electron chi connectivity index (χ2n) is 6.65. The highest BCUT2D eigenvalue weighted by molar-refractivity contribution is 5.78. The van der Waals surface area contributed by atoms with Crippen LogP contribution in [-0.4, -0.2) is 10.0 Å². The number of nitro groups is 1. The first-order chi connectivity index (χ1) is 15.1. The van der Waals surface area contributed by atoms with Gasteiger partial charge in [-0.05, 0) is 48.5 Å². The van der Waals surface area contributed by atoms with E-state index in [-0.39, 0.29) is 11.4 Å². The van der Waals surface area contributed by atoms with Crippen LogP contribution in [0.4, 0.5) is 34.1 Å². The van der Waals surface area contributed by atoms with Gasteiger partial charge < -0.3 is 10.0 Å². The molecule has 0 atom stereocenters. The molecule has 4 aromatic rings. The van der Waals surface area contributed by atoms with Gasteiger partial charge in [0, 0.05) is 35.3 Å². The van der Waals surface area contributed by atoms with Crippen LogP contribution in [0.3, 0.4) is 0 Å². The van der Waals surface area contributed by atoms with Gasteiger partial charge in [-0.3, -0.25) is 10.1 Å². The molecule has 0 fully saturated rings. The fourth-order valence-electron chi connectivity index (χ4n) is 3.09. The highest BCUT2D eigenvalue weighted by Gasteiger charge is 2.14. The molecule has 0 aromatic heterocycles. The molecule has 0 saturated carbocycles. The number of benzene rings is 4. The number of phenolic OH excluding ortho intramolecular Hbond substituents is 1. The minimum Gasteiger partial charge on any atom is -0.506 e.